The standard InChI is InChI=1S/C19H23NO3S/c1-5-22-16-7-8-17(20-19(24)21-4)15(11-16)12-23-18-9-6-13(2)10-14(18)3/h6-11H,5,12H2,1-4H3,(H,20,24). The van der Waals surface area contributed by atoms with Gasteiger partial charge in [0, 0.05) is 11.3 Å². The number of aryl methyl sites for hydroxylation is 2. The summed E-state index contributed by atoms with van der Waals surface area (Å²) in [6, 6.07) is 11.9. The maximum absolute atomic E-state index is 5.99. The second-order valence-electron chi connectivity index (χ2n) is 5.43. The molecule has 0 saturated carbocycles. The van der Waals surface area contributed by atoms with Crippen LogP contribution in [-0.4, -0.2) is 18.9 Å². The Hall–Kier alpha value is -2.27. The quantitative estimate of drug-likeness (QED) is 0.773. The summed E-state index contributed by atoms with van der Waals surface area (Å²) in [5, 5.41) is 3.38. The van der Waals surface area contributed by atoms with Crippen molar-refractivity contribution in [3.05, 3.63) is 53.1 Å². The molecule has 0 aliphatic rings. The van der Waals surface area contributed by atoms with Crippen molar-refractivity contribution in [1.29, 1.82) is 0 Å². The molecule has 2 rings (SSSR count). The number of methoxy groups -OCH3 is 1. The van der Waals surface area contributed by atoms with Crippen LogP contribution in [0.5, 0.6) is 11.5 Å². The third kappa shape index (κ3) is 4.86. The Bertz CT molecular complexity index is 716. The molecule has 4 nitrogen and oxygen atoms in total. The number of hydrogen-bond acceptors (Lipinski definition) is 4. The van der Waals surface area contributed by atoms with Crippen molar-refractivity contribution in [2.24, 2.45) is 0 Å². The lowest BCUT2D eigenvalue weighted by Gasteiger charge is -2.15. The van der Waals surface area contributed by atoms with E-state index in [4.69, 9.17) is 26.4 Å². The molecule has 0 amide bonds. The first kappa shape index (κ1) is 18.1. The number of nitrogens with one attached hydrogen (secondary N) is 1. The van der Waals surface area contributed by atoms with Crippen LogP contribution in [-0.2, 0) is 11.3 Å². The van der Waals surface area contributed by atoms with E-state index in [2.05, 4.69) is 18.3 Å². The zero-order valence-corrected chi connectivity index (χ0v) is 15.3. The number of anilines is 1. The SMILES string of the molecule is CCOc1ccc(NC(=S)OC)c(COc2ccc(C)cc2C)c1. The number of rotatable bonds is 6. The molecule has 5 heteroatoms. The van der Waals surface area contributed by atoms with Crippen LogP contribution in [0.1, 0.15) is 23.6 Å². The van der Waals surface area contributed by atoms with Gasteiger partial charge in [-0.15, -0.1) is 0 Å². The fraction of sp³-hybridized carbons (Fsp3) is 0.316. The molecule has 0 unspecified atom stereocenters. The molecule has 0 heterocycles. The second kappa shape index (κ2) is 8.55. The van der Waals surface area contributed by atoms with Gasteiger partial charge in [0.15, 0.2) is 0 Å². The molecule has 2 aromatic rings. The molecule has 0 atom stereocenters. The van der Waals surface area contributed by atoms with Crippen molar-refractivity contribution < 1.29 is 14.2 Å². The van der Waals surface area contributed by atoms with Gasteiger partial charge in [0.2, 0.25) is 0 Å². The fourth-order valence-electron chi connectivity index (χ4n) is 2.35. The molecule has 0 fully saturated rings. The third-order valence-corrected chi connectivity index (χ3v) is 3.79. The lowest BCUT2D eigenvalue weighted by Crippen LogP contribution is -2.13. The van der Waals surface area contributed by atoms with Crippen LogP contribution >= 0.6 is 12.2 Å². The molecule has 128 valence electrons. The van der Waals surface area contributed by atoms with Gasteiger partial charge in [-0.3, -0.25) is 0 Å². The topological polar surface area (TPSA) is 39.7 Å². The largest absolute Gasteiger partial charge is 0.494 e. The van der Waals surface area contributed by atoms with Crippen LogP contribution in [0.25, 0.3) is 0 Å². The van der Waals surface area contributed by atoms with Crippen LogP contribution in [0.2, 0.25) is 0 Å². The summed E-state index contributed by atoms with van der Waals surface area (Å²) in [6.45, 7) is 7.08. The summed E-state index contributed by atoms with van der Waals surface area (Å²) in [6.07, 6.45) is 0. The summed E-state index contributed by atoms with van der Waals surface area (Å²) in [5.74, 6) is 1.66. The molecule has 0 aromatic heterocycles. The van der Waals surface area contributed by atoms with Gasteiger partial charge in [-0.1, -0.05) is 17.7 Å². The fourth-order valence-corrected chi connectivity index (χ4v) is 2.46. The van der Waals surface area contributed by atoms with Gasteiger partial charge in [0.1, 0.15) is 18.1 Å². The lowest BCUT2D eigenvalue weighted by atomic mass is 10.1. The minimum absolute atomic E-state index is 0.312. The van der Waals surface area contributed by atoms with E-state index in [9.17, 15) is 0 Å². The molecular weight excluding hydrogens is 322 g/mol. The van der Waals surface area contributed by atoms with Gasteiger partial charge in [0.25, 0.3) is 5.17 Å². The van der Waals surface area contributed by atoms with E-state index in [1.165, 1.54) is 12.7 Å². The number of ether oxygens (including phenoxy) is 3. The highest BCUT2D eigenvalue weighted by Crippen LogP contribution is 2.26. The summed E-state index contributed by atoms with van der Waals surface area (Å²) in [4.78, 5) is 0. The maximum Gasteiger partial charge on any atom is 0.260 e. The van der Waals surface area contributed by atoms with Crippen molar-refractivity contribution in [1.82, 2.24) is 0 Å². The number of hydrogen-bond donors (Lipinski definition) is 1. The summed E-state index contributed by atoms with van der Waals surface area (Å²) < 4.78 is 16.6. The van der Waals surface area contributed by atoms with Crippen LogP contribution in [0, 0.1) is 13.8 Å². The highest BCUT2D eigenvalue weighted by atomic mass is 32.1. The minimum Gasteiger partial charge on any atom is -0.494 e. The van der Waals surface area contributed by atoms with E-state index in [-0.39, 0.29) is 0 Å². The molecule has 2 aromatic carbocycles. The first-order valence-corrected chi connectivity index (χ1v) is 8.25. The maximum atomic E-state index is 5.99. The number of thiocarbonyl (C=S) groups is 1. The Balaban J connectivity index is 2.21. The summed E-state index contributed by atoms with van der Waals surface area (Å²) in [7, 11) is 1.54. The van der Waals surface area contributed by atoms with Gasteiger partial charge in [-0.05, 0) is 62.8 Å². The Labute approximate surface area is 148 Å². The van der Waals surface area contributed by atoms with Crippen molar-refractivity contribution >= 4 is 23.1 Å². The van der Waals surface area contributed by atoms with Crippen LogP contribution in [0.3, 0.4) is 0 Å². The smallest absolute Gasteiger partial charge is 0.260 e. The first-order chi connectivity index (χ1) is 11.5. The molecule has 1 N–H and O–H groups in total. The molecule has 0 radical (unpaired) electrons. The minimum atomic E-state index is 0.312. The third-order valence-electron chi connectivity index (χ3n) is 3.52. The molecule has 0 bridgehead atoms. The van der Waals surface area contributed by atoms with Gasteiger partial charge >= 0.3 is 0 Å². The summed E-state index contributed by atoms with van der Waals surface area (Å²) >= 11 is 5.09. The molecule has 0 aliphatic carbocycles. The average Bonchev–Trinajstić information content (AvgIpc) is 2.56. The van der Waals surface area contributed by atoms with Crippen molar-refractivity contribution in [3.63, 3.8) is 0 Å². The van der Waals surface area contributed by atoms with Crippen LogP contribution in [0.4, 0.5) is 5.69 Å². The highest BCUT2D eigenvalue weighted by molar-refractivity contribution is 7.80. The van der Waals surface area contributed by atoms with Gasteiger partial charge in [-0.25, -0.2) is 0 Å². The molecule has 0 spiro atoms. The van der Waals surface area contributed by atoms with E-state index < -0.39 is 0 Å². The van der Waals surface area contributed by atoms with Gasteiger partial charge in [0.05, 0.1) is 13.7 Å². The Kier molecular flexibility index (Phi) is 6.44. The van der Waals surface area contributed by atoms with Crippen molar-refractivity contribution in [2.45, 2.75) is 27.4 Å². The Morgan fingerprint density at radius 3 is 2.54 bits per heavy atom. The van der Waals surface area contributed by atoms with Gasteiger partial charge < -0.3 is 19.5 Å². The monoisotopic (exact) mass is 345 g/mol. The van der Waals surface area contributed by atoms with E-state index in [1.807, 2.05) is 44.2 Å². The second-order valence-corrected chi connectivity index (χ2v) is 5.80. The van der Waals surface area contributed by atoms with Crippen molar-refractivity contribution in [3.8, 4) is 11.5 Å². The normalized spacial score (nSPS) is 10.2. The average molecular weight is 345 g/mol. The molecule has 24 heavy (non-hydrogen) atoms. The molecular formula is C19H23NO3S. The van der Waals surface area contributed by atoms with Crippen LogP contribution < -0.4 is 14.8 Å². The van der Waals surface area contributed by atoms with Gasteiger partial charge in [-0.2, -0.15) is 0 Å². The first-order valence-electron chi connectivity index (χ1n) is 7.84. The Morgan fingerprint density at radius 2 is 1.88 bits per heavy atom. The number of benzene rings is 2. The van der Waals surface area contributed by atoms with Crippen molar-refractivity contribution in [2.75, 3.05) is 19.0 Å². The van der Waals surface area contributed by atoms with E-state index >= 15 is 0 Å². The lowest BCUT2D eigenvalue weighted by molar-refractivity contribution is 0.302. The molecule has 0 aliphatic heterocycles. The predicted octanol–water partition coefficient (Wildman–Crippen LogP) is 4.62. The predicted molar refractivity (Wildman–Crippen MR) is 101 cm³/mol. The zero-order chi connectivity index (χ0) is 17.5. The molecule has 0 saturated heterocycles. The van der Waals surface area contributed by atoms with E-state index in [1.54, 1.807) is 0 Å². The Morgan fingerprint density at radius 1 is 1.08 bits per heavy atom. The highest BCUT2D eigenvalue weighted by Gasteiger charge is 2.09. The van der Waals surface area contributed by atoms with E-state index in [0.717, 1.165) is 28.3 Å². The summed E-state index contributed by atoms with van der Waals surface area (Å²) in [5.41, 5.74) is 4.11. The zero-order valence-electron chi connectivity index (χ0n) is 14.5. The van der Waals surface area contributed by atoms with Crippen LogP contribution in [0.15, 0.2) is 36.4 Å². The van der Waals surface area contributed by atoms with E-state index in [0.29, 0.717) is 18.4 Å².